The van der Waals surface area contributed by atoms with Crippen molar-refractivity contribution in [2.24, 2.45) is 0 Å². The van der Waals surface area contributed by atoms with Crippen LogP contribution < -0.4 is 0 Å². The van der Waals surface area contributed by atoms with Gasteiger partial charge < -0.3 is 5.11 Å². The number of hydrogen-bond donors (Lipinski definition) is 1. The smallest absolute Gasteiger partial charge is 0.325 e. The van der Waals surface area contributed by atoms with Crippen molar-refractivity contribution in [2.45, 2.75) is 25.0 Å². The molecule has 142 valence electrons. The van der Waals surface area contributed by atoms with Gasteiger partial charge in [0.15, 0.2) is 4.75 Å². The van der Waals surface area contributed by atoms with E-state index < -0.39 is 20.7 Å². The van der Waals surface area contributed by atoms with E-state index in [2.05, 4.69) is 24.3 Å². The summed E-state index contributed by atoms with van der Waals surface area (Å²) in [5.74, 6) is -1.34. The van der Waals surface area contributed by atoms with E-state index in [-0.39, 0.29) is 13.1 Å². The van der Waals surface area contributed by atoms with Crippen molar-refractivity contribution in [1.82, 2.24) is 4.31 Å². The van der Waals surface area contributed by atoms with Gasteiger partial charge in [-0.25, -0.2) is 8.42 Å². The van der Waals surface area contributed by atoms with Gasteiger partial charge in [0.2, 0.25) is 10.0 Å². The van der Waals surface area contributed by atoms with Gasteiger partial charge >= 0.3 is 5.97 Å². The van der Waals surface area contributed by atoms with E-state index in [1.54, 1.807) is 0 Å². The molecule has 0 aliphatic carbocycles. The summed E-state index contributed by atoms with van der Waals surface area (Å²) in [5, 5.41) is 9.24. The third-order valence-electron chi connectivity index (χ3n) is 5.03. The lowest BCUT2D eigenvalue weighted by molar-refractivity contribution is -0.139. The Kier molecular flexibility index (Phi) is 5.22. The van der Waals surface area contributed by atoms with Crippen LogP contribution in [-0.2, 0) is 14.8 Å². The number of aliphatic carboxylic acids is 1. The second-order valence-corrected chi connectivity index (χ2v) is 9.59. The first kappa shape index (κ1) is 19.3. The molecule has 1 heterocycles. The van der Waals surface area contributed by atoms with Gasteiger partial charge in [0, 0.05) is 13.1 Å². The minimum absolute atomic E-state index is 0.189. The molecule has 2 aromatic carbocycles. The summed E-state index contributed by atoms with van der Waals surface area (Å²) in [6.45, 7) is 2.93. The SMILES string of the molecule is CC(C)(C(=O)O)S(=O)(=O)N1CC=C(c2ccc(-c3ccccc3)cc2)CC1. The molecule has 0 radical (unpaired) electrons. The lowest BCUT2D eigenvalue weighted by Gasteiger charge is -2.31. The van der Waals surface area contributed by atoms with E-state index in [1.165, 1.54) is 18.2 Å². The maximum Gasteiger partial charge on any atom is 0.325 e. The normalized spacial score (nSPS) is 16.0. The molecule has 0 spiro atoms. The number of carboxylic acid groups (broad SMARTS) is 1. The molecule has 5 nitrogen and oxygen atoms in total. The molecule has 1 N–H and O–H groups in total. The zero-order valence-corrected chi connectivity index (χ0v) is 16.2. The third-order valence-corrected chi connectivity index (χ3v) is 7.51. The van der Waals surface area contributed by atoms with Gasteiger partial charge in [0.1, 0.15) is 0 Å². The molecule has 6 heteroatoms. The monoisotopic (exact) mass is 385 g/mol. The quantitative estimate of drug-likeness (QED) is 0.853. The van der Waals surface area contributed by atoms with E-state index in [0.717, 1.165) is 22.3 Å². The fourth-order valence-corrected chi connectivity index (χ4v) is 4.54. The zero-order chi connectivity index (χ0) is 19.7. The van der Waals surface area contributed by atoms with Crippen LogP contribution in [0.3, 0.4) is 0 Å². The predicted octanol–water partition coefficient (Wildman–Crippen LogP) is 3.64. The summed E-state index contributed by atoms with van der Waals surface area (Å²) in [4.78, 5) is 11.3. The van der Waals surface area contributed by atoms with Crippen LogP contribution >= 0.6 is 0 Å². The number of hydrogen-bond acceptors (Lipinski definition) is 3. The Bertz CT molecular complexity index is 961. The molecule has 0 saturated heterocycles. The number of carboxylic acids is 1. The molecule has 0 amide bonds. The molecule has 0 fully saturated rings. The maximum atomic E-state index is 12.6. The molecule has 3 rings (SSSR count). The highest BCUT2D eigenvalue weighted by Gasteiger charge is 2.45. The molecule has 27 heavy (non-hydrogen) atoms. The van der Waals surface area contributed by atoms with E-state index in [9.17, 15) is 18.3 Å². The van der Waals surface area contributed by atoms with Gasteiger partial charge in [-0.1, -0.05) is 60.7 Å². The number of nitrogens with zero attached hydrogens (tertiary/aromatic N) is 1. The molecule has 0 bridgehead atoms. The topological polar surface area (TPSA) is 74.7 Å². The van der Waals surface area contributed by atoms with E-state index in [1.807, 2.05) is 36.4 Å². The van der Waals surface area contributed by atoms with Crippen molar-refractivity contribution < 1.29 is 18.3 Å². The van der Waals surface area contributed by atoms with Crippen LogP contribution in [0.1, 0.15) is 25.8 Å². The molecule has 1 aliphatic rings. The van der Waals surface area contributed by atoms with Crippen molar-refractivity contribution in [1.29, 1.82) is 0 Å². The molecule has 0 saturated carbocycles. The van der Waals surface area contributed by atoms with Crippen LogP contribution in [-0.4, -0.2) is 41.6 Å². The van der Waals surface area contributed by atoms with Crippen molar-refractivity contribution in [3.05, 3.63) is 66.2 Å². The summed E-state index contributed by atoms with van der Waals surface area (Å²) in [7, 11) is -3.92. The van der Waals surface area contributed by atoms with Crippen molar-refractivity contribution in [3.8, 4) is 11.1 Å². The van der Waals surface area contributed by atoms with E-state index in [0.29, 0.717) is 6.42 Å². The first-order valence-corrected chi connectivity index (χ1v) is 10.3. The van der Waals surface area contributed by atoms with E-state index in [4.69, 9.17) is 0 Å². The Morgan fingerprint density at radius 2 is 1.52 bits per heavy atom. The van der Waals surface area contributed by atoms with Crippen LogP contribution in [0.15, 0.2) is 60.7 Å². The molecule has 2 aromatic rings. The van der Waals surface area contributed by atoms with Gasteiger partial charge in [-0.05, 0) is 42.5 Å². The predicted molar refractivity (Wildman–Crippen MR) is 107 cm³/mol. The summed E-state index contributed by atoms with van der Waals surface area (Å²) < 4.78 is 24.6. The minimum Gasteiger partial charge on any atom is -0.480 e. The zero-order valence-electron chi connectivity index (χ0n) is 15.4. The summed E-state index contributed by atoms with van der Waals surface area (Å²) in [6.07, 6.45) is 2.43. The molecular formula is C21H23NO4S. The Labute approximate surface area is 160 Å². The number of rotatable bonds is 5. The average Bonchev–Trinajstić information content (AvgIpc) is 2.68. The van der Waals surface area contributed by atoms with Crippen molar-refractivity contribution in [2.75, 3.05) is 13.1 Å². The highest BCUT2D eigenvalue weighted by molar-refractivity contribution is 7.91. The number of carbonyl (C=O) groups is 1. The molecule has 0 atom stereocenters. The Hall–Kier alpha value is -2.44. The fourth-order valence-electron chi connectivity index (χ4n) is 3.07. The maximum absolute atomic E-state index is 12.6. The summed E-state index contributed by atoms with van der Waals surface area (Å²) in [6, 6.07) is 18.3. The van der Waals surface area contributed by atoms with Crippen molar-refractivity contribution in [3.63, 3.8) is 0 Å². The molecule has 1 aliphatic heterocycles. The Morgan fingerprint density at radius 3 is 2.04 bits per heavy atom. The van der Waals surface area contributed by atoms with Crippen LogP contribution in [0.4, 0.5) is 0 Å². The largest absolute Gasteiger partial charge is 0.480 e. The highest BCUT2D eigenvalue weighted by Crippen LogP contribution is 2.29. The molecular weight excluding hydrogens is 362 g/mol. The molecule has 0 unspecified atom stereocenters. The molecule has 0 aromatic heterocycles. The van der Waals surface area contributed by atoms with Gasteiger partial charge in [0.05, 0.1) is 0 Å². The van der Waals surface area contributed by atoms with Gasteiger partial charge in [-0.15, -0.1) is 0 Å². The Morgan fingerprint density at radius 1 is 0.963 bits per heavy atom. The lowest BCUT2D eigenvalue weighted by Crippen LogP contribution is -2.50. The summed E-state index contributed by atoms with van der Waals surface area (Å²) >= 11 is 0. The Balaban J connectivity index is 1.77. The minimum atomic E-state index is -3.92. The van der Waals surface area contributed by atoms with Gasteiger partial charge in [-0.2, -0.15) is 4.31 Å². The van der Waals surface area contributed by atoms with Crippen LogP contribution in [0.25, 0.3) is 16.7 Å². The second-order valence-electron chi connectivity index (χ2n) is 7.10. The third kappa shape index (κ3) is 3.68. The summed E-state index contributed by atoms with van der Waals surface area (Å²) in [5.41, 5.74) is 4.41. The van der Waals surface area contributed by atoms with Crippen LogP contribution in [0.5, 0.6) is 0 Å². The van der Waals surface area contributed by atoms with Crippen molar-refractivity contribution >= 4 is 21.6 Å². The van der Waals surface area contributed by atoms with Gasteiger partial charge in [0.25, 0.3) is 0 Å². The number of benzene rings is 2. The first-order chi connectivity index (χ1) is 12.7. The standard InChI is InChI=1S/C21H23NO4S/c1-21(2,20(23)24)27(25,26)22-14-12-19(13-15-22)18-10-8-17(9-11-18)16-6-4-3-5-7-16/h3-12H,13-15H2,1-2H3,(H,23,24). The first-order valence-electron chi connectivity index (χ1n) is 8.81. The van der Waals surface area contributed by atoms with Gasteiger partial charge in [-0.3, -0.25) is 4.79 Å². The highest BCUT2D eigenvalue weighted by atomic mass is 32.2. The average molecular weight is 385 g/mol. The second kappa shape index (κ2) is 7.29. The fraction of sp³-hybridized carbons (Fsp3) is 0.286. The van der Waals surface area contributed by atoms with Crippen LogP contribution in [0, 0.1) is 0 Å². The number of sulfonamides is 1. The van der Waals surface area contributed by atoms with E-state index >= 15 is 0 Å². The lowest BCUT2D eigenvalue weighted by atomic mass is 9.97. The van der Waals surface area contributed by atoms with Crippen LogP contribution in [0.2, 0.25) is 0 Å².